The monoisotopic (exact) mass is 256 g/mol. The van der Waals surface area contributed by atoms with Crippen molar-refractivity contribution in [3.63, 3.8) is 0 Å². The van der Waals surface area contributed by atoms with Crippen LogP contribution in [-0.4, -0.2) is 17.5 Å². The second-order valence-electron chi connectivity index (χ2n) is 5.08. The summed E-state index contributed by atoms with van der Waals surface area (Å²) in [5.41, 5.74) is 2.49. The van der Waals surface area contributed by atoms with Crippen molar-refractivity contribution < 1.29 is 8.78 Å². The van der Waals surface area contributed by atoms with Crippen molar-refractivity contribution in [1.29, 1.82) is 0 Å². The van der Waals surface area contributed by atoms with Gasteiger partial charge in [0.15, 0.2) is 0 Å². The van der Waals surface area contributed by atoms with Crippen LogP contribution in [0.4, 0.5) is 8.78 Å². The molecule has 0 radical (unpaired) electrons. The van der Waals surface area contributed by atoms with Crippen molar-refractivity contribution in [2.45, 2.75) is 58.0 Å². The maximum absolute atomic E-state index is 12.4. The normalized spacial score (nSPS) is 19.9. The molecule has 1 atom stereocenters. The first-order chi connectivity index (χ1) is 8.70. The Bertz CT molecular complexity index is 374. The second kappa shape index (κ2) is 6.32. The lowest BCUT2D eigenvalue weighted by molar-refractivity contribution is 0.126. The molecule has 0 saturated carbocycles. The lowest BCUT2D eigenvalue weighted by Gasteiger charge is -2.16. The van der Waals surface area contributed by atoms with Gasteiger partial charge in [-0.2, -0.15) is 0 Å². The highest BCUT2D eigenvalue weighted by Gasteiger charge is 2.20. The van der Waals surface area contributed by atoms with Gasteiger partial charge in [0.25, 0.3) is 6.43 Å². The quantitative estimate of drug-likeness (QED) is 0.798. The Balaban J connectivity index is 2.14. The van der Waals surface area contributed by atoms with Crippen molar-refractivity contribution in [2.24, 2.45) is 0 Å². The molecule has 4 heteroatoms. The molecule has 2 nitrogen and oxygen atoms in total. The third-order valence-corrected chi connectivity index (χ3v) is 3.55. The van der Waals surface area contributed by atoms with Crippen LogP contribution in [0.25, 0.3) is 0 Å². The third kappa shape index (κ3) is 3.31. The number of nitrogens with one attached hydrogen (secondary N) is 1. The van der Waals surface area contributed by atoms with Crippen LogP contribution in [0.15, 0.2) is 12.4 Å². The highest BCUT2D eigenvalue weighted by molar-refractivity contribution is 5.29. The van der Waals surface area contributed by atoms with Crippen molar-refractivity contribution in [3.8, 4) is 0 Å². The van der Waals surface area contributed by atoms with E-state index in [0.717, 1.165) is 32.2 Å². The minimum absolute atomic E-state index is 0.187. The van der Waals surface area contributed by atoms with Gasteiger partial charge in [-0.3, -0.25) is 0 Å². The molecule has 0 aromatic carbocycles. The van der Waals surface area contributed by atoms with E-state index in [1.54, 1.807) is 4.57 Å². The maximum atomic E-state index is 12.4. The predicted molar refractivity (Wildman–Crippen MR) is 69.0 cm³/mol. The molecular formula is C14H22F2N2. The number of hydrogen-bond donors (Lipinski definition) is 1. The molecule has 0 saturated heterocycles. The molecular weight excluding hydrogens is 234 g/mol. The summed E-state index contributed by atoms with van der Waals surface area (Å²) in [5.74, 6) is 0. The number of aromatic nitrogens is 1. The highest BCUT2D eigenvalue weighted by atomic mass is 19.3. The molecule has 1 aromatic rings. The van der Waals surface area contributed by atoms with E-state index in [9.17, 15) is 8.78 Å². The zero-order valence-electron chi connectivity index (χ0n) is 11.0. The fourth-order valence-corrected chi connectivity index (χ4v) is 2.71. The molecule has 1 heterocycles. The Morgan fingerprint density at radius 2 is 2.22 bits per heavy atom. The van der Waals surface area contributed by atoms with Crippen LogP contribution in [-0.2, 0) is 13.0 Å². The van der Waals surface area contributed by atoms with E-state index in [1.807, 2.05) is 12.4 Å². The summed E-state index contributed by atoms with van der Waals surface area (Å²) in [6.45, 7) is 2.95. The SMILES string of the molecule is CCCNC1CCCCc2cn(CC(F)F)cc21. The van der Waals surface area contributed by atoms with Crippen LogP contribution in [0.1, 0.15) is 49.8 Å². The molecule has 2 rings (SSSR count). The average Bonchev–Trinajstić information content (AvgIpc) is 2.61. The standard InChI is InChI=1S/C14H22F2N2/c1-2-7-17-13-6-4-3-5-11-8-18(9-12(11)13)10-14(15)16/h8-9,13-14,17H,2-7,10H2,1H3. The van der Waals surface area contributed by atoms with Crippen LogP contribution >= 0.6 is 0 Å². The Morgan fingerprint density at radius 1 is 1.39 bits per heavy atom. The Kier molecular flexibility index (Phi) is 4.75. The summed E-state index contributed by atoms with van der Waals surface area (Å²) >= 11 is 0. The molecule has 0 amide bonds. The Labute approximate surface area is 107 Å². The lowest BCUT2D eigenvalue weighted by Crippen LogP contribution is -2.21. The van der Waals surface area contributed by atoms with Gasteiger partial charge in [0, 0.05) is 18.4 Å². The van der Waals surface area contributed by atoms with Gasteiger partial charge in [0.2, 0.25) is 0 Å². The van der Waals surface area contributed by atoms with Crippen molar-refractivity contribution in [1.82, 2.24) is 9.88 Å². The molecule has 1 aliphatic carbocycles. The molecule has 1 aromatic heterocycles. The summed E-state index contributed by atoms with van der Waals surface area (Å²) in [5, 5.41) is 3.53. The molecule has 1 N–H and O–H groups in total. The van der Waals surface area contributed by atoms with Crippen LogP contribution in [0.3, 0.4) is 0 Å². The average molecular weight is 256 g/mol. The number of aryl methyl sites for hydroxylation is 1. The topological polar surface area (TPSA) is 17.0 Å². The summed E-state index contributed by atoms with van der Waals surface area (Å²) in [4.78, 5) is 0. The minimum Gasteiger partial charge on any atom is -0.348 e. The smallest absolute Gasteiger partial charge is 0.256 e. The molecule has 0 fully saturated rings. The van der Waals surface area contributed by atoms with Gasteiger partial charge in [-0.1, -0.05) is 13.3 Å². The first-order valence-electron chi connectivity index (χ1n) is 6.90. The van der Waals surface area contributed by atoms with E-state index in [1.165, 1.54) is 17.5 Å². The number of halogens is 2. The van der Waals surface area contributed by atoms with Crippen LogP contribution in [0.5, 0.6) is 0 Å². The van der Waals surface area contributed by atoms with E-state index >= 15 is 0 Å². The van der Waals surface area contributed by atoms with Crippen LogP contribution in [0, 0.1) is 0 Å². The van der Waals surface area contributed by atoms with E-state index in [-0.39, 0.29) is 6.54 Å². The molecule has 1 unspecified atom stereocenters. The van der Waals surface area contributed by atoms with E-state index in [4.69, 9.17) is 0 Å². The number of fused-ring (bicyclic) bond motifs is 1. The molecule has 0 spiro atoms. The molecule has 1 aliphatic rings. The van der Waals surface area contributed by atoms with Crippen molar-refractivity contribution >= 4 is 0 Å². The third-order valence-electron chi connectivity index (χ3n) is 3.55. The van der Waals surface area contributed by atoms with Gasteiger partial charge < -0.3 is 9.88 Å². The molecule has 0 bridgehead atoms. The number of nitrogens with zero attached hydrogens (tertiary/aromatic N) is 1. The Hall–Kier alpha value is -0.900. The van der Waals surface area contributed by atoms with Gasteiger partial charge in [0.05, 0.1) is 6.54 Å². The highest BCUT2D eigenvalue weighted by Crippen LogP contribution is 2.29. The fraction of sp³-hybridized carbons (Fsp3) is 0.714. The van der Waals surface area contributed by atoms with E-state index < -0.39 is 6.43 Å². The van der Waals surface area contributed by atoms with Gasteiger partial charge in [-0.25, -0.2) is 8.78 Å². The van der Waals surface area contributed by atoms with Crippen LogP contribution < -0.4 is 5.32 Å². The molecule has 102 valence electrons. The maximum Gasteiger partial charge on any atom is 0.256 e. The molecule has 0 aliphatic heterocycles. The first-order valence-corrected chi connectivity index (χ1v) is 6.90. The summed E-state index contributed by atoms with van der Waals surface area (Å²) < 4.78 is 26.5. The van der Waals surface area contributed by atoms with Gasteiger partial charge in [0.1, 0.15) is 0 Å². The zero-order valence-corrected chi connectivity index (χ0v) is 11.0. The Morgan fingerprint density at radius 3 is 2.94 bits per heavy atom. The number of hydrogen-bond acceptors (Lipinski definition) is 1. The first kappa shape index (κ1) is 13.5. The minimum atomic E-state index is -2.27. The summed E-state index contributed by atoms with van der Waals surface area (Å²) in [7, 11) is 0. The molecule has 18 heavy (non-hydrogen) atoms. The van der Waals surface area contributed by atoms with Gasteiger partial charge in [-0.15, -0.1) is 0 Å². The predicted octanol–water partition coefficient (Wildman–Crippen LogP) is 3.52. The summed E-state index contributed by atoms with van der Waals surface area (Å²) in [6, 6.07) is 0.348. The number of rotatable bonds is 5. The van der Waals surface area contributed by atoms with Gasteiger partial charge >= 0.3 is 0 Å². The number of alkyl halides is 2. The van der Waals surface area contributed by atoms with Crippen molar-refractivity contribution in [2.75, 3.05) is 6.54 Å². The lowest BCUT2D eigenvalue weighted by atomic mass is 10.0. The zero-order chi connectivity index (χ0) is 13.0. The van der Waals surface area contributed by atoms with E-state index in [2.05, 4.69) is 12.2 Å². The fourth-order valence-electron chi connectivity index (χ4n) is 2.71. The largest absolute Gasteiger partial charge is 0.348 e. The van der Waals surface area contributed by atoms with E-state index in [0.29, 0.717) is 6.04 Å². The second-order valence-corrected chi connectivity index (χ2v) is 5.08. The van der Waals surface area contributed by atoms with Gasteiger partial charge in [-0.05, 0) is 43.4 Å². The van der Waals surface area contributed by atoms with Crippen molar-refractivity contribution in [3.05, 3.63) is 23.5 Å². The summed E-state index contributed by atoms with van der Waals surface area (Å²) in [6.07, 6.45) is 7.17. The van der Waals surface area contributed by atoms with Crippen LogP contribution in [0.2, 0.25) is 0 Å².